The minimum Gasteiger partial charge on any atom is -0.434 e. The maximum absolute atomic E-state index is 13.1. The summed E-state index contributed by atoms with van der Waals surface area (Å²) in [5.74, 6) is 0.687. The average Bonchev–Trinajstić information content (AvgIpc) is 3.18. The molecule has 1 fully saturated rings. The van der Waals surface area contributed by atoms with Crippen LogP contribution in [0.15, 0.2) is 53.6 Å². The zero-order valence-electron chi connectivity index (χ0n) is 22.5. The molecule has 0 radical (unpaired) electrons. The monoisotopic (exact) mass is 552 g/mol. The maximum Gasteiger partial charge on any atom is 0.387 e. The fraction of sp³-hybridized carbons (Fsp3) is 0.357. The highest BCUT2D eigenvalue weighted by molar-refractivity contribution is 5.84. The standard InChI is InChI=1S/C28H30F2N6O4/c1-18(37)34-8-10-35(11-9-34)28-31-14-22(15-32-28)20-5-6-23-24(13-20)36(33(2)26(23)38)16-21-12-19(17-39-3)4-7-25(21)40-27(29)30/h4-7,12-15,27H,8-11,16-17H2,1-3H3. The van der Waals surface area contributed by atoms with E-state index in [1.807, 2.05) is 17.0 Å². The van der Waals surface area contributed by atoms with Crippen molar-refractivity contribution in [3.05, 3.63) is 70.3 Å². The number of alkyl halides is 2. The van der Waals surface area contributed by atoms with Crippen molar-refractivity contribution in [1.29, 1.82) is 0 Å². The van der Waals surface area contributed by atoms with Crippen LogP contribution in [0.25, 0.3) is 22.0 Å². The van der Waals surface area contributed by atoms with Crippen molar-refractivity contribution >= 4 is 22.8 Å². The summed E-state index contributed by atoms with van der Waals surface area (Å²) in [6, 6.07) is 10.4. The van der Waals surface area contributed by atoms with Crippen molar-refractivity contribution in [2.45, 2.75) is 26.7 Å². The molecule has 40 heavy (non-hydrogen) atoms. The molecule has 3 heterocycles. The lowest BCUT2D eigenvalue weighted by atomic mass is 10.1. The number of amides is 1. The molecule has 1 saturated heterocycles. The Morgan fingerprint density at radius 2 is 1.75 bits per heavy atom. The Bertz CT molecular complexity index is 1580. The van der Waals surface area contributed by atoms with Crippen molar-refractivity contribution < 1.29 is 23.0 Å². The Kier molecular flexibility index (Phi) is 7.78. The lowest BCUT2D eigenvalue weighted by Gasteiger charge is -2.34. The minimum atomic E-state index is -2.98. The Hall–Kier alpha value is -4.32. The van der Waals surface area contributed by atoms with E-state index in [9.17, 15) is 18.4 Å². The van der Waals surface area contributed by atoms with Crippen LogP contribution < -0.4 is 15.2 Å². The highest BCUT2D eigenvalue weighted by Crippen LogP contribution is 2.27. The van der Waals surface area contributed by atoms with Crippen LogP contribution in [0.1, 0.15) is 18.1 Å². The first-order chi connectivity index (χ1) is 19.2. The van der Waals surface area contributed by atoms with Crippen molar-refractivity contribution in [1.82, 2.24) is 24.2 Å². The molecule has 10 nitrogen and oxygen atoms in total. The van der Waals surface area contributed by atoms with E-state index in [4.69, 9.17) is 9.47 Å². The summed E-state index contributed by atoms with van der Waals surface area (Å²) in [5.41, 5.74) is 3.28. The second-order valence-electron chi connectivity index (χ2n) is 9.64. The predicted molar refractivity (Wildman–Crippen MR) is 146 cm³/mol. The Morgan fingerprint density at radius 1 is 1.02 bits per heavy atom. The third kappa shape index (κ3) is 5.53. The fourth-order valence-electron chi connectivity index (χ4n) is 4.98. The van der Waals surface area contributed by atoms with Crippen molar-refractivity contribution in [3.8, 4) is 16.9 Å². The number of carbonyl (C=O) groups is 1. The molecule has 0 saturated carbocycles. The second-order valence-corrected chi connectivity index (χ2v) is 9.64. The van der Waals surface area contributed by atoms with Gasteiger partial charge in [0.15, 0.2) is 0 Å². The van der Waals surface area contributed by atoms with Gasteiger partial charge in [-0.2, -0.15) is 8.78 Å². The van der Waals surface area contributed by atoms with E-state index in [1.54, 1.807) is 61.3 Å². The predicted octanol–water partition coefficient (Wildman–Crippen LogP) is 3.26. The Balaban J connectivity index is 1.46. The van der Waals surface area contributed by atoms with Crippen molar-refractivity contribution in [3.63, 3.8) is 0 Å². The van der Waals surface area contributed by atoms with Crippen LogP contribution in [-0.4, -0.2) is 70.0 Å². The summed E-state index contributed by atoms with van der Waals surface area (Å²) in [4.78, 5) is 37.6. The molecule has 12 heteroatoms. The summed E-state index contributed by atoms with van der Waals surface area (Å²) in [7, 11) is 3.19. The molecule has 4 aromatic rings. The molecule has 2 aromatic carbocycles. The van der Waals surface area contributed by atoms with Crippen LogP contribution in [0.2, 0.25) is 0 Å². The second kappa shape index (κ2) is 11.4. The minimum absolute atomic E-state index is 0.0356. The van der Waals surface area contributed by atoms with E-state index in [2.05, 4.69) is 9.97 Å². The summed E-state index contributed by atoms with van der Waals surface area (Å²) < 4.78 is 39.4. The molecule has 1 amide bonds. The van der Waals surface area contributed by atoms with E-state index in [0.29, 0.717) is 55.2 Å². The van der Waals surface area contributed by atoms with Gasteiger partial charge >= 0.3 is 6.61 Å². The van der Waals surface area contributed by atoms with E-state index in [1.165, 1.54) is 10.7 Å². The van der Waals surface area contributed by atoms with Crippen LogP contribution in [0.5, 0.6) is 5.75 Å². The van der Waals surface area contributed by atoms with Crippen molar-refractivity contribution in [2.75, 3.05) is 38.2 Å². The highest BCUT2D eigenvalue weighted by Gasteiger charge is 2.21. The van der Waals surface area contributed by atoms with Gasteiger partial charge in [-0.25, -0.2) is 9.97 Å². The molecule has 0 aliphatic carbocycles. The highest BCUT2D eigenvalue weighted by atomic mass is 19.3. The molecule has 0 bridgehead atoms. The van der Waals surface area contributed by atoms with Gasteiger partial charge in [0.2, 0.25) is 11.9 Å². The number of nitrogens with zero attached hydrogens (tertiary/aromatic N) is 6. The molecule has 5 rings (SSSR count). The van der Waals surface area contributed by atoms with Gasteiger partial charge in [0.1, 0.15) is 5.75 Å². The van der Waals surface area contributed by atoms with Crippen LogP contribution in [-0.2, 0) is 29.7 Å². The average molecular weight is 553 g/mol. The first-order valence-corrected chi connectivity index (χ1v) is 12.8. The number of carbonyl (C=O) groups excluding carboxylic acids is 1. The summed E-state index contributed by atoms with van der Waals surface area (Å²) in [6.07, 6.45) is 3.46. The lowest BCUT2D eigenvalue weighted by molar-refractivity contribution is -0.129. The van der Waals surface area contributed by atoms with Crippen LogP contribution >= 0.6 is 0 Å². The third-order valence-electron chi connectivity index (χ3n) is 7.11. The number of fused-ring (bicyclic) bond motifs is 1. The van der Waals surface area contributed by atoms with Gasteiger partial charge < -0.3 is 19.3 Å². The number of anilines is 1. The fourth-order valence-corrected chi connectivity index (χ4v) is 4.98. The van der Waals surface area contributed by atoms with E-state index in [-0.39, 0.29) is 23.8 Å². The number of ether oxygens (including phenoxy) is 2. The molecule has 1 aliphatic heterocycles. The smallest absolute Gasteiger partial charge is 0.387 e. The van der Waals surface area contributed by atoms with Crippen LogP contribution in [0.3, 0.4) is 0 Å². The molecule has 0 N–H and O–H groups in total. The van der Waals surface area contributed by atoms with Crippen LogP contribution in [0.4, 0.5) is 14.7 Å². The topological polar surface area (TPSA) is 94.7 Å². The first-order valence-electron chi connectivity index (χ1n) is 12.8. The summed E-state index contributed by atoms with van der Waals surface area (Å²) in [6.45, 7) is 1.58. The summed E-state index contributed by atoms with van der Waals surface area (Å²) in [5, 5.41) is 0.497. The number of benzene rings is 2. The molecular formula is C28H30F2N6O4. The van der Waals surface area contributed by atoms with Gasteiger partial charge in [0, 0.05) is 70.8 Å². The Labute approximate surface area is 229 Å². The lowest BCUT2D eigenvalue weighted by Crippen LogP contribution is -2.48. The quantitative estimate of drug-likeness (QED) is 0.331. The molecule has 1 aliphatic rings. The third-order valence-corrected chi connectivity index (χ3v) is 7.11. The van der Waals surface area contributed by atoms with Gasteiger partial charge in [-0.3, -0.25) is 19.0 Å². The number of hydrogen-bond acceptors (Lipinski definition) is 7. The number of halogens is 2. The van der Waals surface area contributed by atoms with E-state index < -0.39 is 6.61 Å². The number of hydrogen-bond donors (Lipinski definition) is 0. The van der Waals surface area contributed by atoms with E-state index >= 15 is 0 Å². The van der Waals surface area contributed by atoms with Gasteiger partial charge in [-0.05, 0) is 35.4 Å². The molecular weight excluding hydrogens is 522 g/mol. The molecule has 0 unspecified atom stereocenters. The van der Waals surface area contributed by atoms with E-state index in [0.717, 1.165) is 16.7 Å². The first kappa shape index (κ1) is 27.3. The van der Waals surface area contributed by atoms with Gasteiger partial charge in [-0.15, -0.1) is 0 Å². The Morgan fingerprint density at radius 3 is 2.40 bits per heavy atom. The SMILES string of the molecule is COCc1ccc(OC(F)F)c(Cn2c3cc(-c4cnc(N5CCN(C(C)=O)CC5)nc4)ccc3c(=O)n2C)c1. The number of aromatic nitrogens is 4. The number of piperazine rings is 1. The molecule has 0 atom stereocenters. The van der Waals surface area contributed by atoms with Crippen LogP contribution in [0, 0.1) is 0 Å². The van der Waals surface area contributed by atoms with Gasteiger partial charge in [-0.1, -0.05) is 12.1 Å². The largest absolute Gasteiger partial charge is 0.434 e. The zero-order chi connectivity index (χ0) is 28.4. The summed E-state index contributed by atoms with van der Waals surface area (Å²) >= 11 is 0. The molecule has 2 aromatic heterocycles. The molecule has 0 spiro atoms. The van der Waals surface area contributed by atoms with Crippen molar-refractivity contribution in [2.24, 2.45) is 7.05 Å². The maximum atomic E-state index is 13.1. The van der Waals surface area contributed by atoms with Gasteiger partial charge in [0.25, 0.3) is 5.56 Å². The zero-order valence-corrected chi connectivity index (χ0v) is 22.5. The molecule has 210 valence electrons. The normalized spacial score (nSPS) is 13.8. The van der Waals surface area contributed by atoms with Gasteiger partial charge in [0.05, 0.1) is 24.1 Å². The number of methoxy groups -OCH3 is 1. The number of rotatable bonds is 8.